The van der Waals surface area contributed by atoms with Gasteiger partial charge in [0.1, 0.15) is 0 Å². The van der Waals surface area contributed by atoms with Crippen LogP contribution in [-0.2, 0) is 17.6 Å². The van der Waals surface area contributed by atoms with E-state index in [1.807, 2.05) is 18.2 Å². The van der Waals surface area contributed by atoms with Crippen LogP contribution in [0.3, 0.4) is 0 Å². The van der Waals surface area contributed by atoms with Gasteiger partial charge in [-0.2, -0.15) is 0 Å². The van der Waals surface area contributed by atoms with Crippen LogP contribution in [-0.4, -0.2) is 59.3 Å². The highest BCUT2D eigenvalue weighted by Crippen LogP contribution is 2.36. The molecule has 148 valence electrons. The Morgan fingerprint density at radius 1 is 1.00 bits per heavy atom. The lowest BCUT2D eigenvalue weighted by molar-refractivity contribution is -0.0474. The number of fused-ring (bicyclic) bond motifs is 1. The van der Waals surface area contributed by atoms with Crippen molar-refractivity contribution in [3.8, 4) is 0 Å². The molecule has 2 aromatic carbocycles. The van der Waals surface area contributed by atoms with E-state index < -0.39 is 6.09 Å². The van der Waals surface area contributed by atoms with Gasteiger partial charge in [-0.05, 0) is 36.5 Å². The van der Waals surface area contributed by atoms with Gasteiger partial charge in [-0.15, -0.1) is 0 Å². The molecule has 2 aromatic rings. The fourth-order valence-electron chi connectivity index (χ4n) is 4.56. The highest BCUT2D eigenvalue weighted by atomic mass is 16.5. The number of carboxylic acid groups (broad SMARTS) is 1. The van der Waals surface area contributed by atoms with Crippen molar-refractivity contribution < 1.29 is 14.6 Å². The third-order valence-electron chi connectivity index (χ3n) is 6.25. The van der Waals surface area contributed by atoms with Crippen LogP contribution < -0.4 is 0 Å². The molecule has 5 heteroatoms. The van der Waals surface area contributed by atoms with Crippen molar-refractivity contribution in [2.75, 3.05) is 32.8 Å². The fraction of sp³-hybridized carbons (Fsp3) is 0.435. The quantitative estimate of drug-likeness (QED) is 0.861. The second-order valence-electron chi connectivity index (χ2n) is 7.97. The molecule has 1 aliphatic carbocycles. The Balaban J connectivity index is 1.51. The summed E-state index contributed by atoms with van der Waals surface area (Å²) in [5.74, 6) is 0. The van der Waals surface area contributed by atoms with E-state index in [9.17, 15) is 9.90 Å². The maximum absolute atomic E-state index is 11.3. The summed E-state index contributed by atoms with van der Waals surface area (Å²) in [6, 6.07) is 18.9. The number of piperazine rings is 1. The standard InChI is InChI=1S/C23H28N2O3/c1-18(19-7-3-2-4-8-19)28-17-23(15-20-9-5-6-10-21(20)16-23)25-13-11-24(12-14-25)22(26)27/h2-10,18H,11-17H2,1H3,(H,26,27)/t18-/m0/s1. The summed E-state index contributed by atoms with van der Waals surface area (Å²) in [4.78, 5) is 15.3. The van der Waals surface area contributed by atoms with E-state index in [4.69, 9.17) is 4.74 Å². The van der Waals surface area contributed by atoms with Crippen molar-refractivity contribution in [2.45, 2.75) is 31.4 Å². The Labute approximate surface area is 166 Å². The van der Waals surface area contributed by atoms with Gasteiger partial charge in [-0.3, -0.25) is 4.90 Å². The van der Waals surface area contributed by atoms with Gasteiger partial charge in [0.25, 0.3) is 0 Å². The van der Waals surface area contributed by atoms with E-state index in [-0.39, 0.29) is 11.6 Å². The molecule has 5 nitrogen and oxygen atoms in total. The van der Waals surface area contributed by atoms with Crippen LogP contribution >= 0.6 is 0 Å². The maximum Gasteiger partial charge on any atom is 0.407 e. The highest BCUT2D eigenvalue weighted by molar-refractivity contribution is 5.65. The molecular weight excluding hydrogens is 352 g/mol. The van der Waals surface area contributed by atoms with E-state index in [0.29, 0.717) is 19.7 Å². The average molecular weight is 380 g/mol. The first-order valence-electron chi connectivity index (χ1n) is 10.0. The molecule has 0 bridgehead atoms. The van der Waals surface area contributed by atoms with Crippen LogP contribution in [0, 0.1) is 0 Å². The van der Waals surface area contributed by atoms with Crippen LogP contribution in [0.4, 0.5) is 4.79 Å². The molecule has 0 aromatic heterocycles. The lowest BCUT2D eigenvalue weighted by Gasteiger charge is -2.45. The van der Waals surface area contributed by atoms with Crippen molar-refractivity contribution in [1.29, 1.82) is 0 Å². The van der Waals surface area contributed by atoms with Crippen molar-refractivity contribution in [3.05, 3.63) is 71.3 Å². The largest absolute Gasteiger partial charge is 0.465 e. The summed E-state index contributed by atoms with van der Waals surface area (Å²) in [5, 5.41) is 9.28. The van der Waals surface area contributed by atoms with E-state index in [2.05, 4.69) is 48.2 Å². The summed E-state index contributed by atoms with van der Waals surface area (Å²) in [5.41, 5.74) is 3.86. The zero-order valence-corrected chi connectivity index (χ0v) is 16.4. The minimum Gasteiger partial charge on any atom is -0.465 e. The van der Waals surface area contributed by atoms with Crippen LogP contribution in [0.15, 0.2) is 54.6 Å². The predicted molar refractivity (Wildman–Crippen MR) is 109 cm³/mol. The Morgan fingerprint density at radius 2 is 1.57 bits per heavy atom. The third kappa shape index (κ3) is 3.77. The van der Waals surface area contributed by atoms with Crippen molar-refractivity contribution in [3.63, 3.8) is 0 Å². The summed E-state index contributed by atoms with van der Waals surface area (Å²) in [7, 11) is 0. The second-order valence-corrected chi connectivity index (χ2v) is 7.97. The molecule has 1 fully saturated rings. The van der Waals surface area contributed by atoms with Crippen molar-refractivity contribution in [1.82, 2.24) is 9.80 Å². The summed E-state index contributed by atoms with van der Waals surface area (Å²) in [6.07, 6.45) is 1.12. The molecule has 0 radical (unpaired) electrons. The molecule has 1 amide bonds. The van der Waals surface area contributed by atoms with Crippen molar-refractivity contribution in [2.24, 2.45) is 0 Å². The molecule has 1 N–H and O–H groups in total. The van der Waals surface area contributed by atoms with Crippen LogP contribution in [0.5, 0.6) is 0 Å². The number of benzene rings is 2. The zero-order valence-electron chi connectivity index (χ0n) is 16.4. The molecule has 0 unspecified atom stereocenters. The topological polar surface area (TPSA) is 53.0 Å². The molecule has 0 spiro atoms. The molecule has 4 rings (SSSR count). The number of hydrogen-bond donors (Lipinski definition) is 1. The van der Waals surface area contributed by atoms with E-state index in [0.717, 1.165) is 25.9 Å². The number of carbonyl (C=O) groups is 1. The number of hydrogen-bond acceptors (Lipinski definition) is 3. The van der Waals surface area contributed by atoms with Gasteiger partial charge in [0, 0.05) is 26.2 Å². The Kier molecular flexibility index (Phi) is 5.38. The van der Waals surface area contributed by atoms with Gasteiger partial charge >= 0.3 is 6.09 Å². The summed E-state index contributed by atoms with van der Waals surface area (Å²) < 4.78 is 6.40. The third-order valence-corrected chi connectivity index (χ3v) is 6.25. The lowest BCUT2D eigenvalue weighted by Crippen LogP contribution is -2.60. The normalized spacial score (nSPS) is 20.0. The van der Waals surface area contributed by atoms with Crippen molar-refractivity contribution >= 4 is 6.09 Å². The lowest BCUT2D eigenvalue weighted by atomic mass is 9.93. The molecule has 1 saturated heterocycles. The monoisotopic (exact) mass is 380 g/mol. The van der Waals surface area contributed by atoms with Gasteiger partial charge in [-0.25, -0.2) is 4.79 Å². The second kappa shape index (κ2) is 7.94. The molecule has 1 heterocycles. The maximum atomic E-state index is 11.3. The number of ether oxygens (including phenoxy) is 1. The van der Waals surface area contributed by atoms with E-state index >= 15 is 0 Å². The van der Waals surface area contributed by atoms with E-state index in [1.165, 1.54) is 21.6 Å². The number of amides is 1. The van der Waals surface area contributed by atoms with Gasteiger partial charge in [-0.1, -0.05) is 54.6 Å². The molecule has 2 aliphatic rings. The summed E-state index contributed by atoms with van der Waals surface area (Å²) >= 11 is 0. The Morgan fingerprint density at radius 3 is 2.14 bits per heavy atom. The van der Waals surface area contributed by atoms with E-state index in [1.54, 1.807) is 0 Å². The predicted octanol–water partition coefficient (Wildman–Crippen LogP) is 3.60. The van der Waals surface area contributed by atoms with Gasteiger partial charge in [0.15, 0.2) is 0 Å². The molecule has 1 atom stereocenters. The molecular formula is C23H28N2O3. The molecule has 0 saturated carbocycles. The Bertz CT molecular complexity index is 791. The molecule has 28 heavy (non-hydrogen) atoms. The number of nitrogens with zero attached hydrogens (tertiary/aromatic N) is 2. The van der Waals surface area contributed by atoms with Crippen LogP contribution in [0.1, 0.15) is 29.7 Å². The van der Waals surface area contributed by atoms with Gasteiger partial charge in [0.05, 0.1) is 18.2 Å². The minimum atomic E-state index is -0.822. The Hall–Kier alpha value is -2.37. The van der Waals surface area contributed by atoms with Crippen LogP contribution in [0.25, 0.3) is 0 Å². The first kappa shape index (κ1) is 19.0. The molecule has 1 aliphatic heterocycles. The first-order chi connectivity index (χ1) is 13.6. The highest BCUT2D eigenvalue weighted by Gasteiger charge is 2.44. The SMILES string of the molecule is C[C@H](OCC1(N2CCN(C(=O)O)CC2)Cc2ccccc2C1)c1ccccc1. The van der Waals surface area contributed by atoms with Gasteiger partial charge in [0.2, 0.25) is 0 Å². The van der Waals surface area contributed by atoms with Gasteiger partial charge < -0.3 is 14.7 Å². The smallest absolute Gasteiger partial charge is 0.407 e. The summed E-state index contributed by atoms with van der Waals surface area (Å²) in [6.45, 7) is 5.37. The average Bonchev–Trinajstić information content (AvgIpc) is 3.12. The minimum absolute atomic E-state index is 0.0297. The van der Waals surface area contributed by atoms with Crippen LogP contribution in [0.2, 0.25) is 0 Å². The number of rotatable bonds is 5. The first-order valence-corrected chi connectivity index (χ1v) is 10.0. The fourth-order valence-corrected chi connectivity index (χ4v) is 4.56. The zero-order chi connectivity index (χ0) is 19.6.